The monoisotopic (exact) mass is 324 g/mol. The van der Waals surface area contributed by atoms with Crippen LogP contribution in [0.2, 0.25) is 0 Å². The van der Waals surface area contributed by atoms with Gasteiger partial charge >= 0.3 is 6.09 Å². The second-order valence-electron chi connectivity index (χ2n) is 6.60. The number of rotatable bonds is 3. The van der Waals surface area contributed by atoms with Crippen molar-refractivity contribution in [2.45, 2.75) is 39.2 Å². The van der Waals surface area contributed by atoms with E-state index >= 15 is 0 Å². The summed E-state index contributed by atoms with van der Waals surface area (Å²) in [6, 6.07) is 3.76. The van der Waals surface area contributed by atoms with E-state index in [4.69, 9.17) is 4.74 Å². The summed E-state index contributed by atoms with van der Waals surface area (Å²) in [6.07, 6.45) is 1.45. The van der Waals surface area contributed by atoms with E-state index in [0.717, 1.165) is 30.8 Å². The molecule has 1 saturated heterocycles. The molecule has 1 aromatic rings. The Labute approximate surface area is 135 Å². The summed E-state index contributed by atoms with van der Waals surface area (Å²) >= 11 is 1.48. The van der Waals surface area contributed by atoms with Gasteiger partial charge < -0.3 is 15.0 Å². The molecule has 0 atom stereocenters. The first-order chi connectivity index (χ1) is 10.3. The summed E-state index contributed by atoms with van der Waals surface area (Å²) in [6.45, 7) is 7.65. The van der Waals surface area contributed by atoms with Crippen LogP contribution in [0.3, 0.4) is 0 Å². The van der Waals surface area contributed by atoms with E-state index in [9.17, 15) is 9.59 Å². The number of piperidine rings is 1. The number of ether oxygens (including phenoxy) is 1. The average Bonchev–Trinajstić information content (AvgIpc) is 2.97. The molecule has 2 amide bonds. The molecule has 1 aliphatic heterocycles. The highest BCUT2D eigenvalue weighted by molar-refractivity contribution is 7.12. The predicted molar refractivity (Wildman–Crippen MR) is 87.2 cm³/mol. The van der Waals surface area contributed by atoms with Gasteiger partial charge in [-0.25, -0.2) is 4.79 Å². The molecule has 122 valence electrons. The first-order valence-corrected chi connectivity index (χ1v) is 8.53. The minimum Gasteiger partial charge on any atom is -0.444 e. The summed E-state index contributed by atoms with van der Waals surface area (Å²) in [7, 11) is 0. The molecule has 0 aromatic carbocycles. The molecule has 1 N–H and O–H groups in total. The Hall–Kier alpha value is -1.56. The number of carbonyl (C=O) groups is 2. The van der Waals surface area contributed by atoms with E-state index in [1.54, 1.807) is 0 Å². The van der Waals surface area contributed by atoms with Crippen LogP contribution in [-0.2, 0) is 4.74 Å². The highest BCUT2D eigenvalue weighted by Crippen LogP contribution is 2.20. The molecule has 2 heterocycles. The van der Waals surface area contributed by atoms with Gasteiger partial charge in [0.05, 0.1) is 4.88 Å². The van der Waals surface area contributed by atoms with Crippen LogP contribution in [0.1, 0.15) is 43.3 Å². The van der Waals surface area contributed by atoms with Crippen molar-refractivity contribution in [3.63, 3.8) is 0 Å². The van der Waals surface area contributed by atoms with Crippen LogP contribution < -0.4 is 5.32 Å². The fourth-order valence-electron chi connectivity index (χ4n) is 2.44. The number of nitrogens with one attached hydrogen (secondary N) is 1. The fourth-order valence-corrected chi connectivity index (χ4v) is 3.13. The van der Waals surface area contributed by atoms with E-state index in [2.05, 4.69) is 5.32 Å². The van der Waals surface area contributed by atoms with Crippen molar-refractivity contribution < 1.29 is 14.3 Å². The fraction of sp³-hybridized carbons (Fsp3) is 0.625. The maximum Gasteiger partial charge on any atom is 0.407 e. The molecule has 22 heavy (non-hydrogen) atoms. The molecule has 1 fully saturated rings. The number of hydrogen-bond acceptors (Lipinski definition) is 4. The molecule has 2 rings (SSSR count). The number of amides is 2. The summed E-state index contributed by atoms with van der Waals surface area (Å²) < 4.78 is 5.22. The zero-order valence-electron chi connectivity index (χ0n) is 13.4. The number of thiophene rings is 1. The van der Waals surface area contributed by atoms with Crippen molar-refractivity contribution in [2.24, 2.45) is 5.92 Å². The SMILES string of the molecule is CC(C)(C)OC(=O)NCC1CCN(C(=O)c2cccs2)CC1. The van der Waals surface area contributed by atoms with Crippen LogP contribution in [-0.4, -0.2) is 42.1 Å². The molecule has 0 bridgehead atoms. The molecule has 0 aliphatic carbocycles. The van der Waals surface area contributed by atoms with Gasteiger partial charge in [0.25, 0.3) is 5.91 Å². The summed E-state index contributed by atoms with van der Waals surface area (Å²) in [5, 5.41) is 4.74. The number of likely N-dealkylation sites (tertiary alicyclic amines) is 1. The lowest BCUT2D eigenvalue weighted by Crippen LogP contribution is -2.42. The third kappa shape index (κ3) is 5.02. The standard InChI is InChI=1S/C16H24N2O3S/c1-16(2,3)21-15(20)17-11-12-6-8-18(9-7-12)14(19)13-5-4-10-22-13/h4-5,10,12H,6-9,11H2,1-3H3,(H,17,20). The molecule has 0 spiro atoms. The Morgan fingerprint density at radius 2 is 2.05 bits per heavy atom. The van der Waals surface area contributed by atoms with Crippen molar-refractivity contribution in [2.75, 3.05) is 19.6 Å². The summed E-state index contributed by atoms with van der Waals surface area (Å²) in [5.41, 5.74) is -0.472. The van der Waals surface area contributed by atoms with Crippen molar-refractivity contribution in [3.05, 3.63) is 22.4 Å². The van der Waals surface area contributed by atoms with E-state index in [1.165, 1.54) is 11.3 Å². The van der Waals surface area contributed by atoms with Crippen molar-refractivity contribution in [1.29, 1.82) is 0 Å². The lowest BCUT2D eigenvalue weighted by atomic mass is 9.97. The molecule has 0 radical (unpaired) electrons. The third-order valence-corrected chi connectivity index (χ3v) is 4.43. The van der Waals surface area contributed by atoms with Crippen LogP contribution in [0.15, 0.2) is 17.5 Å². The van der Waals surface area contributed by atoms with Gasteiger partial charge in [0.15, 0.2) is 0 Å². The third-order valence-electron chi connectivity index (χ3n) is 3.57. The Morgan fingerprint density at radius 3 is 2.59 bits per heavy atom. The average molecular weight is 324 g/mol. The van der Waals surface area contributed by atoms with Crippen LogP contribution in [0.25, 0.3) is 0 Å². The van der Waals surface area contributed by atoms with Crippen molar-refractivity contribution in [3.8, 4) is 0 Å². The highest BCUT2D eigenvalue weighted by Gasteiger charge is 2.25. The lowest BCUT2D eigenvalue weighted by Gasteiger charge is -2.32. The van der Waals surface area contributed by atoms with E-state index < -0.39 is 5.60 Å². The normalized spacial score (nSPS) is 16.4. The van der Waals surface area contributed by atoms with Crippen molar-refractivity contribution in [1.82, 2.24) is 10.2 Å². The first-order valence-electron chi connectivity index (χ1n) is 7.65. The van der Waals surface area contributed by atoms with E-state index in [1.807, 2.05) is 43.2 Å². The zero-order valence-corrected chi connectivity index (χ0v) is 14.2. The molecule has 1 aliphatic rings. The molecular weight excluding hydrogens is 300 g/mol. The van der Waals surface area contributed by atoms with Crippen LogP contribution >= 0.6 is 11.3 Å². The number of nitrogens with zero attached hydrogens (tertiary/aromatic N) is 1. The summed E-state index contributed by atoms with van der Waals surface area (Å²) in [5.74, 6) is 0.522. The second kappa shape index (κ2) is 7.13. The minimum absolute atomic E-state index is 0.119. The smallest absolute Gasteiger partial charge is 0.407 e. The maximum absolute atomic E-state index is 12.2. The molecule has 0 saturated carbocycles. The van der Waals surface area contributed by atoms with Gasteiger partial charge in [0.1, 0.15) is 5.60 Å². The largest absolute Gasteiger partial charge is 0.444 e. The molecule has 6 heteroatoms. The van der Waals surface area contributed by atoms with E-state index in [-0.39, 0.29) is 12.0 Å². The van der Waals surface area contributed by atoms with Gasteiger partial charge in [0, 0.05) is 19.6 Å². The highest BCUT2D eigenvalue weighted by atomic mass is 32.1. The summed E-state index contributed by atoms with van der Waals surface area (Å²) in [4.78, 5) is 26.6. The van der Waals surface area contributed by atoms with Crippen LogP contribution in [0, 0.1) is 5.92 Å². The molecule has 5 nitrogen and oxygen atoms in total. The molecular formula is C16H24N2O3S. The first kappa shape index (κ1) is 16.8. The number of carbonyl (C=O) groups excluding carboxylic acids is 2. The van der Waals surface area contributed by atoms with Gasteiger partial charge in [-0.1, -0.05) is 6.07 Å². The Morgan fingerprint density at radius 1 is 1.36 bits per heavy atom. The minimum atomic E-state index is -0.472. The van der Waals surface area contributed by atoms with E-state index in [0.29, 0.717) is 12.5 Å². The molecule has 0 unspecified atom stereocenters. The van der Waals surface area contributed by atoms with Crippen LogP contribution in [0.4, 0.5) is 4.79 Å². The number of hydrogen-bond donors (Lipinski definition) is 1. The Kier molecular flexibility index (Phi) is 5.45. The van der Waals surface area contributed by atoms with Gasteiger partial charge in [-0.2, -0.15) is 0 Å². The van der Waals surface area contributed by atoms with Crippen LogP contribution in [0.5, 0.6) is 0 Å². The van der Waals surface area contributed by atoms with Gasteiger partial charge in [0.2, 0.25) is 0 Å². The number of alkyl carbamates (subject to hydrolysis) is 1. The topological polar surface area (TPSA) is 58.6 Å². The lowest BCUT2D eigenvalue weighted by molar-refractivity contribution is 0.0500. The van der Waals surface area contributed by atoms with Crippen molar-refractivity contribution >= 4 is 23.3 Å². The van der Waals surface area contributed by atoms with Gasteiger partial charge in [-0.05, 0) is 51.0 Å². The zero-order chi connectivity index (χ0) is 16.2. The maximum atomic E-state index is 12.2. The quantitative estimate of drug-likeness (QED) is 0.929. The molecule has 1 aromatic heterocycles. The Bertz CT molecular complexity index is 500. The van der Waals surface area contributed by atoms with Gasteiger partial charge in [-0.3, -0.25) is 4.79 Å². The predicted octanol–water partition coefficient (Wildman–Crippen LogP) is 3.13. The second-order valence-corrected chi connectivity index (χ2v) is 7.54. The van der Waals surface area contributed by atoms with Gasteiger partial charge in [-0.15, -0.1) is 11.3 Å². The Balaban J connectivity index is 1.71.